The molecule has 2 aliphatic heterocycles. The number of fused-ring (bicyclic) bond motifs is 1. The third kappa shape index (κ3) is 4.45. The first-order valence-electron chi connectivity index (χ1n) is 10.5. The zero-order valence-corrected chi connectivity index (χ0v) is 18.6. The number of benzene rings is 2. The minimum atomic E-state index is -4.65. The Balaban J connectivity index is 1.77. The van der Waals surface area contributed by atoms with Crippen molar-refractivity contribution in [2.45, 2.75) is 19.1 Å². The molecule has 0 spiro atoms. The van der Waals surface area contributed by atoms with Gasteiger partial charge in [-0.25, -0.2) is 9.59 Å². The van der Waals surface area contributed by atoms with Crippen LogP contribution in [0.15, 0.2) is 53.7 Å². The van der Waals surface area contributed by atoms with Crippen molar-refractivity contribution in [3.8, 4) is 0 Å². The van der Waals surface area contributed by atoms with Crippen molar-refractivity contribution >= 4 is 23.3 Å². The summed E-state index contributed by atoms with van der Waals surface area (Å²) in [5.41, 5.74) is 0.986. The molecule has 0 amide bonds. The van der Waals surface area contributed by atoms with Crippen LogP contribution in [-0.4, -0.2) is 46.0 Å². The van der Waals surface area contributed by atoms with Gasteiger partial charge in [-0.15, -0.1) is 0 Å². The van der Waals surface area contributed by atoms with Crippen molar-refractivity contribution in [2.75, 3.05) is 43.9 Å². The molecule has 180 valence electrons. The number of alkyl halides is 3. The van der Waals surface area contributed by atoms with Crippen molar-refractivity contribution in [3.63, 3.8) is 0 Å². The normalized spacial score (nSPS) is 16.3. The number of methoxy groups -OCH3 is 2. The molecule has 0 unspecified atom stereocenters. The Morgan fingerprint density at radius 3 is 2.38 bits per heavy atom. The molecular formula is C24H23F3N2O5. The van der Waals surface area contributed by atoms with Crippen LogP contribution in [0, 0.1) is 0 Å². The highest BCUT2D eigenvalue weighted by Gasteiger charge is 2.38. The summed E-state index contributed by atoms with van der Waals surface area (Å²) in [4.78, 5) is 27.5. The molecule has 2 aromatic rings. The van der Waals surface area contributed by atoms with Crippen LogP contribution >= 0.6 is 0 Å². The van der Waals surface area contributed by atoms with E-state index in [2.05, 4.69) is 0 Å². The summed E-state index contributed by atoms with van der Waals surface area (Å²) in [6.07, 6.45) is -4.02. The molecule has 0 aromatic heterocycles. The molecule has 0 radical (unpaired) electrons. The summed E-state index contributed by atoms with van der Waals surface area (Å²) in [5, 5.41) is 0. The van der Waals surface area contributed by atoms with Gasteiger partial charge in [0.1, 0.15) is 12.4 Å². The highest BCUT2D eigenvalue weighted by molar-refractivity contribution is 6.03. The molecule has 4 rings (SSSR count). The Kier molecular flexibility index (Phi) is 6.52. The van der Waals surface area contributed by atoms with Crippen LogP contribution in [0.1, 0.15) is 16.7 Å². The number of hydrogen-bond acceptors (Lipinski definition) is 7. The van der Waals surface area contributed by atoms with E-state index in [1.165, 1.54) is 17.0 Å². The van der Waals surface area contributed by atoms with Gasteiger partial charge in [0, 0.05) is 24.5 Å². The Morgan fingerprint density at radius 1 is 1.00 bits per heavy atom. The van der Waals surface area contributed by atoms with E-state index in [4.69, 9.17) is 14.2 Å². The van der Waals surface area contributed by atoms with Crippen LogP contribution in [0.4, 0.5) is 24.5 Å². The molecule has 0 aliphatic carbocycles. The fourth-order valence-corrected chi connectivity index (χ4v) is 4.24. The van der Waals surface area contributed by atoms with Crippen molar-refractivity contribution in [3.05, 3.63) is 70.4 Å². The van der Waals surface area contributed by atoms with Gasteiger partial charge in [-0.1, -0.05) is 24.3 Å². The molecule has 0 atom stereocenters. The quantitative estimate of drug-likeness (QED) is 0.624. The van der Waals surface area contributed by atoms with E-state index in [1.807, 2.05) is 24.3 Å². The summed E-state index contributed by atoms with van der Waals surface area (Å²) in [6, 6.07) is 11.5. The number of ether oxygens (including phenoxy) is 3. The van der Waals surface area contributed by atoms with Crippen LogP contribution < -0.4 is 9.80 Å². The first-order chi connectivity index (χ1) is 16.2. The van der Waals surface area contributed by atoms with Crippen molar-refractivity contribution in [2.24, 2.45) is 0 Å². The standard InChI is InChI=1S/C24H23F3N2O5/c1-32-22(30)18-13-34-14-29(21(18)23(31)33-2)17-7-8-20(19(11-17)24(25,26)27)28-10-9-15-5-3-4-6-16(15)12-28/h3-8,11H,9-10,12-14H2,1-2H3. The van der Waals surface area contributed by atoms with E-state index < -0.39 is 23.7 Å². The Hall–Kier alpha value is -3.53. The van der Waals surface area contributed by atoms with Crippen LogP contribution in [0.2, 0.25) is 0 Å². The van der Waals surface area contributed by atoms with Gasteiger partial charge in [-0.05, 0) is 35.7 Å². The third-order valence-electron chi connectivity index (χ3n) is 5.90. The fourth-order valence-electron chi connectivity index (χ4n) is 4.24. The average molecular weight is 476 g/mol. The fraction of sp³-hybridized carbons (Fsp3) is 0.333. The number of anilines is 2. The van der Waals surface area contributed by atoms with Crippen LogP contribution in [0.3, 0.4) is 0 Å². The van der Waals surface area contributed by atoms with Gasteiger partial charge in [0.25, 0.3) is 0 Å². The van der Waals surface area contributed by atoms with E-state index in [1.54, 1.807) is 4.90 Å². The van der Waals surface area contributed by atoms with Gasteiger partial charge in [0.2, 0.25) is 0 Å². The van der Waals surface area contributed by atoms with Crippen LogP contribution in [0.5, 0.6) is 0 Å². The lowest BCUT2D eigenvalue weighted by Crippen LogP contribution is -2.39. The number of esters is 2. The number of carbonyl (C=O) groups excluding carboxylic acids is 2. The molecule has 2 aliphatic rings. The first-order valence-corrected chi connectivity index (χ1v) is 10.5. The van der Waals surface area contributed by atoms with Crippen molar-refractivity contribution < 1.29 is 37.0 Å². The predicted octanol–water partition coefficient (Wildman–Crippen LogP) is 3.66. The summed E-state index contributed by atoms with van der Waals surface area (Å²) >= 11 is 0. The summed E-state index contributed by atoms with van der Waals surface area (Å²) in [7, 11) is 2.26. The SMILES string of the molecule is COC(=O)C1=C(C(=O)OC)N(c2ccc(N3CCc4ccccc4C3)c(C(F)(F)F)c2)COC1. The molecule has 0 saturated heterocycles. The third-order valence-corrected chi connectivity index (χ3v) is 5.90. The topological polar surface area (TPSA) is 68.3 Å². The smallest absolute Gasteiger partial charge is 0.418 e. The molecule has 0 N–H and O–H groups in total. The number of hydrogen-bond donors (Lipinski definition) is 0. The molecule has 0 fully saturated rings. The van der Waals surface area contributed by atoms with Gasteiger partial charge in [-0.2, -0.15) is 13.2 Å². The molecule has 34 heavy (non-hydrogen) atoms. The lowest BCUT2D eigenvalue weighted by Gasteiger charge is -2.34. The Bertz CT molecular complexity index is 1150. The van der Waals surface area contributed by atoms with E-state index in [0.717, 1.165) is 31.4 Å². The van der Waals surface area contributed by atoms with E-state index in [-0.39, 0.29) is 36.0 Å². The van der Waals surface area contributed by atoms with E-state index in [9.17, 15) is 22.8 Å². The number of nitrogens with zero attached hydrogens (tertiary/aromatic N) is 2. The largest absolute Gasteiger partial charge is 0.466 e. The van der Waals surface area contributed by atoms with Gasteiger partial charge in [-0.3, -0.25) is 0 Å². The van der Waals surface area contributed by atoms with Crippen LogP contribution in [-0.2, 0) is 42.9 Å². The first kappa shape index (κ1) is 23.6. The van der Waals surface area contributed by atoms with Crippen molar-refractivity contribution in [1.29, 1.82) is 0 Å². The molecular weight excluding hydrogens is 453 g/mol. The molecule has 2 heterocycles. The average Bonchev–Trinajstić information content (AvgIpc) is 2.86. The van der Waals surface area contributed by atoms with Crippen LogP contribution in [0.25, 0.3) is 0 Å². The molecule has 10 heteroatoms. The number of halogens is 3. The monoisotopic (exact) mass is 476 g/mol. The van der Waals surface area contributed by atoms with Gasteiger partial charge in [0.15, 0.2) is 0 Å². The lowest BCUT2D eigenvalue weighted by molar-refractivity contribution is -0.140. The summed E-state index contributed by atoms with van der Waals surface area (Å²) < 4.78 is 57.4. The number of rotatable bonds is 4. The Labute approximate surface area is 194 Å². The summed E-state index contributed by atoms with van der Waals surface area (Å²) in [5.74, 6) is -1.71. The van der Waals surface area contributed by atoms with E-state index in [0.29, 0.717) is 19.5 Å². The van der Waals surface area contributed by atoms with Gasteiger partial charge >= 0.3 is 18.1 Å². The Morgan fingerprint density at radius 2 is 1.71 bits per heavy atom. The highest BCUT2D eigenvalue weighted by atomic mass is 19.4. The predicted molar refractivity (Wildman–Crippen MR) is 117 cm³/mol. The maximum atomic E-state index is 14.2. The van der Waals surface area contributed by atoms with Crippen molar-refractivity contribution in [1.82, 2.24) is 0 Å². The molecule has 7 nitrogen and oxygen atoms in total. The number of carbonyl (C=O) groups is 2. The molecule has 2 aromatic carbocycles. The maximum absolute atomic E-state index is 14.2. The second-order valence-corrected chi connectivity index (χ2v) is 7.86. The lowest BCUT2D eigenvalue weighted by atomic mass is 9.98. The highest BCUT2D eigenvalue weighted by Crippen LogP contribution is 2.41. The second kappa shape index (κ2) is 9.38. The second-order valence-electron chi connectivity index (χ2n) is 7.86. The molecule has 0 saturated carbocycles. The zero-order chi connectivity index (χ0) is 24.5. The maximum Gasteiger partial charge on any atom is 0.418 e. The summed E-state index contributed by atoms with van der Waals surface area (Å²) in [6.45, 7) is 0.320. The van der Waals surface area contributed by atoms with E-state index >= 15 is 0 Å². The zero-order valence-electron chi connectivity index (χ0n) is 18.6. The minimum absolute atomic E-state index is 0.0370. The molecule has 0 bridgehead atoms. The van der Waals surface area contributed by atoms with Gasteiger partial charge < -0.3 is 24.0 Å². The van der Waals surface area contributed by atoms with Gasteiger partial charge in [0.05, 0.1) is 32.0 Å². The minimum Gasteiger partial charge on any atom is -0.466 e.